The molecular weight excluding hydrogens is 444 g/mol. The molecule has 0 saturated heterocycles. The molecule has 0 aromatic heterocycles. The second kappa shape index (κ2) is 9.83. The van der Waals surface area contributed by atoms with Crippen molar-refractivity contribution in [3.8, 4) is 17.2 Å². The minimum Gasteiger partial charge on any atom is -0.490 e. The van der Waals surface area contributed by atoms with Crippen LogP contribution in [0.3, 0.4) is 0 Å². The quantitative estimate of drug-likeness (QED) is 0.544. The molecule has 9 heteroatoms. The van der Waals surface area contributed by atoms with E-state index in [1.54, 1.807) is 36.4 Å². The molecule has 2 N–H and O–H groups in total. The zero-order valence-electron chi connectivity index (χ0n) is 18.0. The topological polar surface area (TPSA) is 103 Å². The summed E-state index contributed by atoms with van der Waals surface area (Å²) in [5.74, 6) is 1.22. The van der Waals surface area contributed by atoms with E-state index in [0.29, 0.717) is 41.8 Å². The van der Waals surface area contributed by atoms with Gasteiger partial charge >= 0.3 is 0 Å². The van der Waals surface area contributed by atoms with Crippen molar-refractivity contribution in [3.05, 3.63) is 72.3 Å². The van der Waals surface area contributed by atoms with Gasteiger partial charge in [0, 0.05) is 23.9 Å². The van der Waals surface area contributed by atoms with Crippen LogP contribution in [0.2, 0.25) is 0 Å². The van der Waals surface area contributed by atoms with Gasteiger partial charge in [-0.3, -0.25) is 9.52 Å². The fourth-order valence-corrected chi connectivity index (χ4v) is 4.27. The molecule has 0 atom stereocenters. The van der Waals surface area contributed by atoms with E-state index in [1.165, 1.54) is 12.1 Å². The summed E-state index contributed by atoms with van der Waals surface area (Å²) in [6.45, 7) is 2.80. The fraction of sp³-hybridized carbons (Fsp3) is 0.208. The predicted octanol–water partition coefficient (Wildman–Crippen LogP) is 3.97. The van der Waals surface area contributed by atoms with Crippen LogP contribution in [0, 0.1) is 6.92 Å². The third-order valence-electron chi connectivity index (χ3n) is 4.81. The van der Waals surface area contributed by atoms with Crippen LogP contribution >= 0.6 is 0 Å². The van der Waals surface area contributed by atoms with Crippen molar-refractivity contribution in [1.82, 2.24) is 0 Å². The average Bonchev–Trinajstić information content (AvgIpc) is 3.04. The van der Waals surface area contributed by atoms with Crippen molar-refractivity contribution < 1.29 is 27.4 Å². The number of rotatable bonds is 7. The van der Waals surface area contributed by atoms with Crippen molar-refractivity contribution in [3.63, 3.8) is 0 Å². The zero-order valence-corrected chi connectivity index (χ0v) is 18.9. The van der Waals surface area contributed by atoms with Gasteiger partial charge in [-0.15, -0.1) is 0 Å². The fourth-order valence-electron chi connectivity index (χ4n) is 3.20. The summed E-state index contributed by atoms with van der Waals surface area (Å²) in [6, 6.07) is 18.3. The first-order valence-corrected chi connectivity index (χ1v) is 11.9. The van der Waals surface area contributed by atoms with Crippen molar-refractivity contribution in [2.45, 2.75) is 18.2 Å². The van der Waals surface area contributed by atoms with Crippen molar-refractivity contribution in [2.24, 2.45) is 0 Å². The normalized spacial score (nSPS) is 13.0. The van der Waals surface area contributed by atoms with E-state index in [2.05, 4.69) is 10.0 Å². The molecule has 172 valence electrons. The highest BCUT2D eigenvalue weighted by Gasteiger charge is 2.19. The molecule has 0 aliphatic carbocycles. The number of sulfonamides is 1. The average molecular weight is 469 g/mol. The molecule has 1 aliphatic rings. The second-order valence-electron chi connectivity index (χ2n) is 7.50. The number of hydrogen-bond donors (Lipinski definition) is 2. The highest BCUT2D eigenvalue weighted by Crippen LogP contribution is 2.32. The third-order valence-corrected chi connectivity index (χ3v) is 6.19. The smallest absolute Gasteiger partial charge is 0.262 e. The largest absolute Gasteiger partial charge is 0.490 e. The third kappa shape index (κ3) is 5.95. The number of hydrogen-bond acceptors (Lipinski definition) is 6. The number of anilines is 2. The molecule has 8 nitrogen and oxygen atoms in total. The molecule has 0 radical (unpaired) electrons. The molecule has 1 heterocycles. The molecule has 3 aromatic carbocycles. The van der Waals surface area contributed by atoms with Crippen LogP contribution in [-0.4, -0.2) is 34.1 Å². The van der Waals surface area contributed by atoms with Crippen LogP contribution in [0.15, 0.2) is 71.6 Å². The van der Waals surface area contributed by atoms with Crippen molar-refractivity contribution in [2.75, 3.05) is 29.9 Å². The summed E-state index contributed by atoms with van der Waals surface area (Å²) in [6.07, 6.45) is 0.732. The van der Waals surface area contributed by atoms with Crippen LogP contribution in [0.4, 0.5) is 11.4 Å². The Hall–Kier alpha value is -3.72. The minimum absolute atomic E-state index is 0.0671. The Bertz CT molecular complexity index is 1240. The van der Waals surface area contributed by atoms with Crippen molar-refractivity contribution >= 4 is 27.3 Å². The molecule has 3 aromatic rings. The maximum Gasteiger partial charge on any atom is 0.262 e. The van der Waals surface area contributed by atoms with Crippen LogP contribution in [0.5, 0.6) is 17.2 Å². The first-order chi connectivity index (χ1) is 15.9. The van der Waals surface area contributed by atoms with Crippen LogP contribution in [-0.2, 0) is 14.8 Å². The Morgan fingerprint density at radius 3 is 2.42 bits per heavy atom. The molecule has 1 aliphatic heterocycles. The summed E-state index contributed by atoms with van der Waals surface area (Å²) in [5, 5.41) is 2.72. The van der Waals surface area contributed by atoms with E-state index in [1.807, 2.05) is 25.1 Å². The maximum atomic E-state index is 12.8. The molecule has 0 saturated carbocycles. The highest BCUT2D eigenvalue weighted by atomic mass is 32.2. The lowest BCUT2D eigenvalue weighted by atomic mass is 10.2. The monoisotopic (exact) mass is 468 g/mol. The van der Waals surface area contributed by atoms with Gasteiger partial charge in [0.05, 0.1) is 18.1 Å². The van der Waals surface area contributed by atoms with Crippen LogP contribution < -0.4 is 24.2 Å². The summed E-state index contributed by atoms with van der Waals surface area (Å²) in [4.78, 5) is 12.2. The minimum atomic E-state index is -3.83. The molecule has 0 fully saturated rings. The maximum absolute atomic E-state index is 12.8. The summed E-state index contributed by atoms with van der Waals surface area (Å²) in [7, 11) is -3.83. The lowest BCUT2D eigenvalue weighted by molar-refractivity contribution is -0.118. The Kier molecular flexibility index (Phi) is 6.69. The van der Waals surface area contributed by atoms with E-state index in [0.717, 1.165) is 12.0 Å². The summed E-state index contributed by atoms with van der Waals surface area (Å²) < 4.78 is 44.7. The van der Waals surface area contributed by atoms with Gasteiger partial charge < -0.3 is 19.5 Å². The summed E-state index contributed by atoms with van der Waals surface area (Å²) >= 11 is 0. The van der Waals surface area contributed by atoms with Gasteiger partial charge in [0.15, 0.2) is 18.1 Å². The number of benzene rings is 3. The molecule has 1 amide bonds. The lowest BCUT2D eigenvalue weighted by Crippen LogP contribution is -2.20. The Morgan fingerprint density at radius 2 is 1.67 bits per heavy atom. The van der Waals surface area contributed by atoms with Gasteiger partial charge in [0.2, 0.25) is 0 Å². The lowest BCUT2D eigenvalue weighted by Gasteiger charge is -2.12. The van der Waals surface area contributed by atoms with Gasteiger partial charge in [-0.1, -0.05) is 12.1 Å². The van der Waals surface area contributed by atoms with Crippen LogP contribution in [0.25, 0.3) is 0 Å². The number of fused-ring (bicyclic) bond motifs is 1. The first-order valence-electron chi connectivity index (χ1n) is 10.4. The molecule has 0 unspecified atom stereocenters. The number of aryl methyl sites for hydroxylation is 1. The number of amides is 1. The standard InChI is InChI=1S/C24H24N2O6S/c1-17-4-2-5-20(14-17)32-16-24(27)25-18-6-8-19(9-7-18)26-33(28,29)21-10-11-22-23(15-21)31-13-3-12-30-22/h2,4-11,14-15,26H,3,12-13,16H2,1H3,(H,25,27). The zero-order chi connectivity index (χ0) is 23.3. The number of ether oxygens (including phenoxy) is 3. The first kappa shape index (κ1) is 22.5. The highest BCUT2D eigenvalue weighted by molar-refractivity contribution is 7.92. The van der Waals surface area contributed by atoms with Crippen molar-refractivity contribution in [1.29, 1.82) is 0 Å². The Labute approximate surface area is 192 Å². The molecule has 4 rings (SSSR count). The van der Waals surface area contributed by atoms with Gasteiger partial charge in [0.25, 0.3) is 15.9 Å². The van der Waals surface area contributed by atoms with Gasteiger partial charge in [-0.05, 0) is 61.0 Å². The number of carbonyl (C=O) groups is 1. The van der Waals surface area contributed by atoms with E-state index < -0.39 is 10.0 Å². The van der Waals surface area contributed by atoms with Gasteiger partial charge in [-0.2, -0.15) is 0 Å². The molecule has 0 spiro atoms. The van der Waals surface area contributed by atoms with E-state index >= 15 is 0 Å². The predicted molar refractivity (Wildman–Crippen MR) is 125 cm³/mol. The van der Waals surface area contributed by atoms with E-state index in [9.17, 15) is 13.2 Å². The molecule has 33 heavy (non-hydrogen) atoms. The number of nitrogens with one attached hydrogen (secondary N) is 2. The Balaban J connectivity index is 1.36. The van der Waals surface area contributed by atoms with Crippen LogP contribution in [0.1, 0.15) is 12.0 Å². The number of carbonyl (C=O) groups excluding carboxylic acids is 1. The van der Waals surface area contributed by atoms with E-state index in [-0.39, 0.29) is 17.4 Å². The van der Waals surface area contributed by atoms with Gasteiger partial charge in [-0.25, -0.2) is 8.42 Å². The van der Waals surface area contributed by atoms with Gasteiger partial charge in [0.1, 0.15) is 5.75 Å². The second-order valence-corrected chi connectivity index (χ2v) is 9.18. The SMILES string of the molecule is Cc1cccc(OCC(=O)Nc2ccc(NS(=O)(=O)c3ccc4c(c3)OCCCO4)cc2)c1. The summed E-state index contributed by atoms with van der Waals surface area (Å²) in [5.41, 5.74) is 1.92. The van der Waals surface area contributed by atoms with E-state index in [4.69, 9.17) is 14.2 Å². The molecule has 0 bridgehead atoms. The Morgan fingerprint density at radius 1 is 0.939 bits per heavy atom. The molecular formula is C24H24N2O6S.